The van der Waals surface area contributed by atoms with Gasteiger partial charge in [-0.15, -0.1) is 11.8 Å². The zero-order chi connectivity index (χ0) is 20.9. The summed E-state index contributed by atoms with van der Waals surface area (Å²) in [6.45, 7) is 6.09. The first-order chi connectivity index (χ1) is 14.7. The number of aromatic nitrogens is 2. The number of thioether (sulfide) groups is 1. The van der Waals surface area contributed by atoms with E-state index in [9.17, 15) is 4.79 Å². The molecular weight excluding hydrogens is 396 g/mol. The third kappa shape index (κ3) is 4.57. The van der Waals surface area contributed by atoms with Crippen LogP contribution in [0.5, 0.6) is 0 Å². The molecule has 6 nitrogen and oxygen atoms in total. The van der Waals surface area contributed by atoms with Gasteiger partial charge in [-0.25, -0.2) is 9.97 Å². The number of rotatable bonds is 5. The highest BCUT2D eigenvalue weighted by molar-refractivity contribution is 7.98. The first-order valence-corrected chi connectivity index (χ1v) is 11.4. The summed E-state index contributed by atoms with van der Waals surface area (Å²) in [6.07, 6.45) is 4.50. The van der Waals surface area contributed by atoms with Crippen molar-refractivity contribution in [3.8, 4) is 11.6 Å². The molecule has 7 heteroatoms. The fourth-order valence-electron chi connectivity index (χ4n) is 3.79. The van der Waals surface area contributed by atoms with Crippen LogP contribution in [-0.4, -0.2) is 58.1 Å². The highest BCUT2D eigenvalue weighted by Crippen LogP contribution is 2.26. The van der Waals surface area contributed by atoms with E-state index in [1.165, 1.54) is 17.3 Å². The van der Waals surface area contributed by atoms with Gasteiger partial charge in [0.2, 0.25) is 0 Å². The van der Waals surface area contributed by atoms with Crippen molar-refractivity contribution in [2.24, 2.45) is 0 Å². The second kappa shape index (κ2) is 9.45. The van der Waals surface area contributed by atoms with Gasteiger partial charge in [0, 0.05) is 32.7 Å². The number of benzene rings is 1. The minimum atomic E-state index is 0.0180. The monoisotopic (exact) mass is 422 g/mol. The smallest absolute Gasteiger partial charge is 0.258 e. The lowest BCUT2D eigenvalue weighted by molar-refractivity contribution is 0.0755. The van der Waals surface area contributed by atoms with Crippen molar-refractivity contribution in [3.63, 3.8) is 0 Å². The molecule has 3 heterocycles. The number of hydrogen-bond acceptors (Lipinski definition) is 6. The molecule has 1 aliphatic rings. The van der Waals surface area contributed by atoms with Gasteiger partial charge in [-0.2, -0.15) is 0 Å². The molecule has 1 aromatic carbocycles. The number of amides is 1. The van der Waals surface area contributed by atoms with Crippen LogP contribution in [0.15, 0.2) is 58.2 Å². The lowest BCUT2D eigenvalue weighted by atomic mass is 10.2. The van der Waals surface area contributed by atoms with Gasteiger partial charge >= 0.3 is 0 Å². The van der Waals surface area contributed by atoms with Gasteiger partial charge < -0.3 is 9.32 Å². The summed E-state index contributed by atoms with van der Waals surface area (Å²) in [7, 11) is 0. The molecule has 3 aromatic rings. The van der Waals surface area contributed by atoms with Crippen molar-refractivity contribution in [2.75, 3.05) is 32.4 Å². The predicted molar refractivity (Wildman–Crippen MR) is 118 cm³/mol. The molecule has 1 aliphatic heterocycles. The van der Waals surface area contributed by atoms with Crippen LogP contribution in [0.2, 0.25) is 0 Å². The van der Waals surface area contributed by atoms with Crippen molar-refractivity contribution >= 4 is 17.7 Å². The molecule has 0 saturated carbocycles. The number of furan rings is 1. The molecule has 0 atom stereocenters. The molecule has 0 radical (unpaired) electrons. The second-order valence-electron chi connectivity index (χ2n) is 7.40. The molecule has 156 valence electrons. The van der Waals surface area contributed by atoms with Crippen LogP contribution in [-0.2, 0) is 6.54 Å². The molecule has 0 bridgehead atoms. The molecule has 1 amide bonds. The minimum absolute atomic E-state index is 0.0180. The van der Waals surface area contributed by atoms with Crippen LogP contribution >= 0.6 is 11.8 Å². The van der Waals surface area contributed by atoms with Crippen molar-refractivity contribution < 1.29 is 9.21 Å². The molecule has 4 rings (SSSR count). The molecule has 0 spiro atoms. The quantitative estimate of drug-likeness (QED) is 0.455. The zero-order valence-corrected chi connectivity index (χ0v) is 18.2. The third-order valence-corrected chi connectivity index (χ3v) is 6.01. The van der Waals surface area contributed by atoms with E-state index in [1.807, 2.05) is 36.3 Å². The summed E-state index contributed by atoms with van der Waals surface area (Å²) >= 11 is 1.47. The van der Waals surface area contributed by atoms with Crippen LogP contribution in [0.25, 0.3) is 11.6 Å². The Labute approximate surface area is 181 Å². The van der Waals surface area contributed by atoms with E-state index in [2.05, 4.69) is 39.1 Å². The summed E-state index contributed by atoms with van der Waals surface area (Å²) < 4.78 is 5.43. The molecule has 0 N–H and O–H groups in total. The van der Waals surface area contributed by atoms with Gasteiger partial charge in [-0.3, -0.25) is 9.69 Å². The fourth-order valence-corrected chi connectivity index (χ4v) is 4.41. The summed E-state index contributed by atoms with van der Waals surface area (Å²) in [6, 6.07) is 14.1. The van der Waals surface area contributed by atoms with E-state index in [0.717, 1.165) is 32.6 Å². The minimum Gasteiger partial charge on any atom is -0.461 e. The lowest BCUT2D eigenvalue weighted by Crippen LogP contribution is -2.36. The van der Waals surface area contributed by atoms with Gasteiger partial charge in [-0.05, 0) is 37.3 Å². The van der Waals surface area contributed by atoms with Crippen LogP contribution in [0.3, 0.4) is 0 Å². The van der Waals surface area contributed by atoms with Gasteiger partial charge in [0.25, 0.3) is 5.91 Å². The average Bonchev–Trinajstić information content (AvgIpc) is 3.21. The van der Waals surface area contributed by atoms with Crippen LogP contribution in [0.1, 0.15) is 28.0 Å². The third-order valence-electron chi connectivity index (χ3n) is 5.33. The largest absolute Gasteiger partial charge is 0.461 e. The Bertz CT molecular complexity index is 992. The predicted octanol–water partition coefficient (Wildman–Crippen LogP) is 4.12. The summed E-state index contributed by atoms with van der Waals surface area (Å²) in [4.78, 5) is 26.9. The molecule has 30 heavy (non-hydrogen) atoms. The average molecular weight is 423 g/mol. The van der Waals surface area contributed by atoms with Gasteiger partial charge in [0.05, 0.1) is 17.5 Å². The molecule has 1 fully saturated rings. The lowest BCUT2D eigenvalue weighted by Gasteiger charge is -2.23. The van der Waals surface area contributed by atoms with Gasteiger partial charge in [0.15, 0.2) is 11.6 Å². The van der Waals surface area contributed by atoms with Crippen LogP contribution < -0.4 is 0 Å². The SMILES string of the molecule is CSc1nc(-c2ccco2)nc(C)c1C(=O)N1CCCN(Cc2ccccc2)CC1. The topological polar surface area (TPSA) is 62.5 Å². The van der Waals surface area contributed by atoms with Crippen LogP contribution in [0, 0.1) is 6.92 Å². The van der Waals surface area contributed by atoms with E-state index < -0.39 is 0 Å². The van der Waals surface area contributed by atoms with Gasteiger partial charge in [-0.1, -0.05) is 30.3 Å². The first-order valence-electron chi connectivity index (χ1n) is 10.2. The highest BCUT2D eigenvalue weighted by atomic mass is 32.2. The maximum Gasteiger partial charge on any atom is 0.258 e. The fraction of sp³-hybridized carbons (Fsp3) is 0.348. The summed E-state index contributed by atoms with van der Waals surface area (Å²) in [5.41, 5.74) is 2.60. The van der Waals surface area contributed by atoms with E-state index in [0.29, 0.717) is 34.4 Å². The Balaban J connectivity index is 1.50. The maximum absolute atomic E-state index is 13.4. The van der Waals surface area contributed by atoms with E-state index in [4.69, 9.17) is 4.42 Å². The number of carbonyl (C=O) groups excluding carboxylic acids is 1. The van der Waals surface area contributed by atoms with Crippen molar-refractivity contribution in [1.82, 2.24) is 19.8 Å². The molecule has 0 aliphatic carbocycles. The van der Waals surface area contributed by atoms with E-state index >= 15 is 0 Å². The number of hydrogen-bond donors (Lipinski definition) is 0. The highest BCUT2D eigenvalue weighted by Gasteiger charge is 2.26. The molecular formula is C23H26N4O2S. The Morgan fingerprint density at radius 3 is 2.63 bits per heavy atom. The van der Waals surface area contributed by atoms with E-state index in [-0.39, 0.29) is 5.91 Å². The Morgan fingerprint density at radius 1 is 1.07 bits per heavy atom. The van der Waals surface area contributed by atoms with Crippen molar-refractivity contribution in [1.29, 1.82) is 0 Å². The Kier molecular flexibility index (Phi) is 6.50. The van der Waals surface area contributed by atoms with Crippen molar-refractivity contribution in [2.45, 2.75) is 24.9 Å². The van der Waals surface area contributed by atoms with E-state index in [1.54, 1.807) is 6.26 Å². The second-order valence-corrected chi connectivity index (χ2v) is 8.20. The molecule has 2 aromatic heterocycles. The first kappa shape index (κ1) is 20.6. The summed E-state index contributed by atoms with van der Waals surface area (Å²) in [5.74, 6) is 1.14. The van der Waals surface area contributed by atoms with Crippen LogP contribution in [0.4, 0.5) is 0 Å². The number of aryl methyl sites for hydroxylation is 1. The van der Waals surface area contributed by atoms with Gasteiger partial charge in [0.1, 0.15) is 5.03 Å². The summed E-state index contributed by atoms with van der Waals surface area (Å²) in [5, 5.41) is 0.698. The van der Waals surface area contributed by atoms with Crippen molar-refractivity contribution in [3.05, 3.63) is 65.5 Å². The number of nitrogens with zero attached hydrogens (tertiary/aromatic N) is 4. The zero-order valence-electron chi connectivity index (χ0n) is 17.4. The molecule has 0 unspecified atom stereocenters. The Hall–Kier alpha value is -2.64. The normalized spacial score (nSPS) is 15.2. The number of carbonyl (C=O) groups is 1. The Morgan fingerprint density at radius 2 is 1.90 bits per heavy atom. The maximum atomic E-state index is 13.4. The molecule has 1 saturated heterocycles. The standard InChI is InChI=1S/C23H26N4O2S/c1-17-20(22(30-2)25-21(24-17)19-10-6-15-29-19)23(28)27-12-7-11-26(13-14-27)16-18-8-4-3-5-9-18/h3-6,8-10,15H,7,11-14,16H2,1-2H3.